The zero-order valence-corrected chi connectivity index (χ0v) is 16.9. The largest absolute Gasteiger partial charge is 0.450 e. The fraction of sp³-hybridized carbons (Fsp3) is 0.444. The second kappa shape index (κ2) is 9.96. The van der Waals surface area contributed by atoms with Crippen LogP contribution in [0.1, 0.15) is 20.8 Å². The fourth-order valence-corrected chi connectivity index (χ4v) is 3.26. The average Bonchev–Trinajstić information content (AvgIpc) is 3.02. The highest BCUT2D eigenvalue weighted by Crippen LogP contribution is 2.24. The van der Waals surface area contributed by atoms with Crippen molar-refractivity contribution in [2.45, 2.75) is 25.9 Å². The third-order valence-electron chi connectivity index (χ3n) is 3.94. The summed E-state index contributed by atoms with van der Waals surface area (Å²) < 4.78 is 6.50. The van der Waals surface area contributed by atoms with Crippen molar-refractivity contribution in [3.05, 3.63) is 24.3 Å². The summed E-state index contributed by atoms with van der Waals surface area (Å²) in [6.07, 6.45) is -0.741. The van der Waals surface area contributed by atoms with Gasteiger partial charge in [0.1, 0.15) is 0 Å². The van der Waals surface area contributed by atoms with Crippen LogP contribution in [0.15, 0.2) is 29.4 Å². The number of benzene rings is 1. The summed E-state index contributed by atoms with van der Waals surface area (Å²) in [5.74, 6) is 0.326. The van der Waals surface area contributed by atoms with Crippen LogP contribution in [0.5, 0.6) is 0 Å². The number of anilines is 1. The summed E-state index contributed by atoms with van der Waals surface area (Å²) in [6.45, 7) is 8.05. The smallest absolute Gasteiger partial charge is 0.413 e. The Morgan fingerprint density at radius 3 is 2.41 bits per heavy atom. The summed E-state index contributed by atoms with van der Waals surface area (Å²) in [6, 6.07) is 8.16. The minimum Gasteiger partial charge on any atom is -0.450 e. The number of carbonyl (C=O) groups excluding carboxylic acids is 2. The number of rotatable bonds is 8. The molecule has 1 aromatic heterocycles. The van der Waals surface area contributed by atoms with E-state index in [1.807, 2.05) is 23.7 Å². The second-order valence-electron chi connectivity index (χ2n) is 5.64. The first-order valence-electron chi connectivity index (χ1n) is 8.84. The lowest BCUT2D eigenvalue weighted by molar-refractivity contribution is -0.117. The van der Waals surface area contributed by atoms with Crippen molar-refractivity contribution in [1.82, 2.24) is 20.1 Å². The van der Waals surface area contributed by atoms with Gasteiger partial charge in [0.05, 0.1) is 12.4 Å². The maximum Gasteiger partial charge on any atom is 0.413 e. The predicted octanol–water partition coefficient (Wildman–Crippen LogP) is 2.69. The van der Waals surface area contributed by atoms with E-state index in [1.54, 1.807) is 6.92 Å². The van der Waals surface area contributed by atoms with Gasteiger partial charge in [0.15, 0.2) is 11.0 Å². The molecule has 2 aromatic rings. The third kappa shape index (κ3) is 5.46. The Hall–Kier alpha value is -2.55. The molecule has 0 aliphatic carbocycles. The summed E-state index contributed by atoms with van der Waals surface area (Å²) in [5, 5.41) is 11.1. The molecule has 0 fully saturated rings. The van der Waals surface area contributed by atoms with Crippen molar-refractivity contribution in [2.75, 3.05) is 30.3 Å². The number of ether oxygens (including phenoxy) is 1. The van der Waals surface area contributed by atoms with Gasteiger partial charge in [0.25, 0.3) is 0 Å². The van der Waals surface area contributed by atoms with Gasteiger partial charge in [-0.3, -0.25) is 10.1 Å². The molecule has 1 heterocycles. The first-order chi connectivity index (χ1) is 13.0. The normalized spacial score (nSPS) is 10.5. The van der Waals surface area contributed by atoms with Gasteiger partial charge in [-0.2, -0.15) is 0 Å². The molecule has 0 unspecified atom stereocenters. The van der Waals surface area contributed by atoms with Gasteiger partial charge in [-0.1, -0.05) is 11.8 Å². The van der Waals surface area contributed by atoms with E-state index in [0.29, 0.717) is 5.16 Å². The molecular weight excluding hydrogens is 366 g/mol. The second-order valence-corrected chi connectivity index (χ2v) is 6.58. The fourth-order valence-electron chi connectivity index (χ4n) is 2.55. The number of hydrogen-bond acceptors (Lipinski definition) is 7. The van der Waals surface area contributed by atoms with Gasteiger partial charge in [-0.25, -0.2) is 4.79 Å². The van der Waals surface area contributed by atoms with E-state index in [-0.39, 0.29) is 12.4 Å². The van der Waals surface area contributed by atoms with Crippen molar-refractivity contribution >= 4 is 29.4 Å². The molecule has 0 spiro atoms. The molecule has 0 saturated heterocycles. The van der Waals surface area contributed by atoms with Gasteiger partial charge >= 0.3 is 6.09 Å². The molecule has 1 aromatic carbocycles. The predicted molar refractivity (Wildman–Crippen MR) is 106 cm³/mol. The highest BCUT2D eigenvalue weighted by molar-refractivity contribution is 7.99. The molecule has 27 heavy (non-hydrogen) atoms. The van der Waals surface area contributed by atoms with E-state index in [1.165, 1.54) is 11.8 Å². The number of aromatic nitrogens is 3. The number of amides is 2. The van der Waals surface area contributed by atoms with Gasteiger partial charge in [-0.05, 0) is 45.0 Å². The van der Waals surface area contributed by atoms with Crippen LogP contribution in [0, 0.1) is 0 Å². The van der Waals surface area contributed by atoms with E-state index in [0.717, 1.165) is 30.2 Å². The number of carbonyl (C=O) groups is 2. The minimum atomic E-state index is -0.741. The SMILES string of the molecule is CCOC(=O)NC(=O)CSc1nnc(-c2ccc(N(CC)CC)cc2)n1C. The molecule has 146 valence electrons. The van der Waals surface area contributed by atoms with Crippen LogP contribution >= 0.6 is 11.8 Å². The monoisotopic (exact) mass is 391 g/mol. The van der Waals surface area contributed by atoms with Crippen LogP contribution in [0.25, 0.3) is 11.4 Å². The van der Waals surface area contributed by atoms with Crippen LogP contribution in [0.4, 0.5) is 10.5 Å². The molecule has 9 heteroatoms. The molecule has 2 rings (SSSR count). The van der Waals surface area contributed by atoms with Crippen molar-refractivity contribution in [3.63, 3.8) is 0 Å². The van der Waals surface area contributed by atoms with Crippen LogP contribution in [-0.4, -0.2) is 52.2 Å². The number of thioether (sulfide) groups is 1. The number of nitrogens with one attached hydrogen (secondary N) is 1. The maximum absolute atomic E-state index is 11.8. The van der Waals surface area contributed by atoms with Gasteiger partial charge in [-0.15, -0.1) is 10.2 Å². The minimum absolute atomic E-state index is 0.0473. The van der Waals surface area contributed by atoms with Crippen molar-refractivity contribution in [2.24, 2.45) is 7.05 Å². The standard InChI is InChI=1S/C18H25N5O3S/c1-5-23(6-2)14-10-8-13(9-11-14)16-20-21-17(22(16)4)27-12-15(24)19-18(25)26-7-3/h8-11H,5-7,12H2,1-4H3,(H,19,24,25). The molecule has 0 aliphatic heterocycles. The van der Waals surface area contributed by atoms with E-state index in [2.05, 4.69) is 51.1 Å². The van der Waals surface area contributed by atoms with Crippen molar-refractivity contribution in [3.8, 4) is 11.4 Å². The van der Waals surface area contributed by atoms with Crippen LogP contribution in [-0.2, 0) is 16.6 Å². The summed E-state index contributed by atoms with van der Waals surface area (Å²) in [5.41, 5.74) is 2.11. The van der Waals surface area contributed by atoms with Crippen LogP contribution in [0.3, 0.4) is 0 Å². The summed E-state index contributed by atoms with van der Waals surface area (Å²) >= 11 is 1.21. The lowest BCUT2D eigenvalue weighted by Crippen LogP contribution is -2.32. The highest BCUT2D eigenvalue weighted by Gasteiger charge is 2.15. The Labute approximate surface area is 163 Å². The Bertz CT molecular complexity index is 772. The lowest BCUT2D eigenvalue weighted by atomic mass is 10.2. The summed E-state index contributed by atoms with van der Waals surface area (Å²) in [4.78, 5) is 25.3. The van der Waals surface area contributed by atoms with Gasteiger partial charge in [0.2, 0.25) is 5.91 Å². The molecule has 0 radical (unpaired) electrons. The van der Waals surface area contributed by atoms with Crippen molar-refractivity contribution < 1.29 is 14.3 Å². The summed E-state index contributed by atoms with van der Waals surface area (Å²) in [7, 11) is 1.85. The topological polar surface area (TPSA) is 89.3 Å². The maximum atomic E-state index is 11.8. The Morgan fingerprint density at radius 1 is 1.15 bits per heavy atom. The molecule has 2 amide bonds. The molecule has 8 nitrogen and oxygen atoms in total. The first-order valence-corrected chi connectivity index (χ1v) is 9.82. The zero-order chi connectivity index (χ0) is 19.8. The molecule has 0 atom stereocenters. The molecule has 0 saturated carbocycles. The van der Waals surface area contributed by atoms with Gasteiger partial charge in [0, 0.05) is 31.4 Å². The third-order valence-corrected chi connectivity index (χ3v) is 4.96. The number of hydrogen-bond donors (Lipinski definition) is 1. The van der Waals surface area contributed by atoms with E-state index in [4.69, 9.17) is 0 Å². The first kappa shape index (κ1) is 20.8. The quantitative estimate of drug-likeness (QED) is 0.692. The Morgan fingerprint density at radius 2 is 1.81 bits per heavy atom. The van der Waals surface area contributed by atoms with Gasteiger partial charge < -0.3 is 14.2 Å². The van der Waals surface area contributed by atoms with Crippen LogP contribution in [0.2, 0.25) is 0 Å². The van der Waals surface area contributed by atoms with E-state index >= 15 is 0 Å². The number of alkyl carbamates (subject to hydrolysis) is 1. The van der Waals surface area contributed by atoms with E-state index in [9.17, 15) is 9.59 Å². The highest BCUT2D eigenvalue weighted by atomic mass is 32.2. The molecule has 0 aliphatic rings. The van der Waals surface area contributed by atoms with Crippen molar-refractivity contribution in [1.29, 1.82) is 0 Å². The Balaban J connectivity index is 2.02. The van der Waals surface area contributed by atoms with E-state index < -0.39 is 12.0 Å². The van der Waals surface area contributed by atoms with Crippen LogP contribution < -0.4 is 10.2 Å². The molecule has 0 bridgehead atoms. The lowest BCUT2D eigenvalue weighted by Gasteiger charge is -2.21. The number of imide groups is 1. The number of nitrogens with zero attached hydrogens (tertiary/aromatic N) is 4. The zero-order valence-electron chi connectivity index (χ0n) is 16.1. The Kier molecular flexibility index (Phi) is 7.66. The molecular formula is C18H25N5O3S. The molecule has 1 N–H and O–H groups in total. The average molecular weight is 391 g/mol.